The molecule has 0 saturated heterocycles. The third-order valence-electron chi connectivity index (χ3n) is 1.61. The van der Waals surface area contributed by atoms with Gasteiger partial charge in [-0.05, 0) is 12.1 Å². The van der Waals surface area contributed by atoms with Gasteiger partial charge in [-0.15, -0.1) is 0 Å². The van der Waals surface area contributed by atoms with Crippen LogP contribution in [0, 0.1) is 11.3 Å². The van der Waals surface area contributed by atoms with E-state index in [0.717, 1.165) is 12.1 Å². The molecule has 0 saturated carbocycles. The first-order valence-electron chi connectivity index (χ1n) is 3.43. The molecule has 0 amide bonds. The first-order chi connectivity index (χ1) is 6.38. The largest absolute Gasteiger partial charge is 0.417 e. The van der Waals surface area contributed by atoms with Crippen LogP contribution in [0.3, 0.4) is 0 Å². The molecule has 0 aliphatic rings. The molecule has 0 radical (unpaired) electrons. The van der Waals surface area contributed by atoms with E-state index in [2.05, 4.69) is 0 Å². The summed E-state index contributed by atoms with van der Waals surface area (Å²) in [5.41, 5.74) is 3.79. The van der Waals surface area contributed by atoms with Gasteiger partial charge in [-0.25, -0.2) is 0 Å². The molecule has 0 bridgehead atoms. The Kier molecular flexibility index (Phi) is 2.58. The fourth-order valence-electron chi connectivity index (χ4n) is 0.909. The molecule has 0 aliphatic heterocycles. The lowest BCUT2D eigenvalue weighted by Crippen LogP contribution is -2.08. The van der Waals surface area contributed by atoms with Crippen LogP contribution in [0.15, 0.2) is 12.1 Å². The topological polar surface area (TPSA) is 49.8 Å². The van der Waals surface area contributed by atoms with Crippen LogP contribution in [0.4, 0.5) is 18.9 Å². The lowest BCUT2D eigenvalue weighted by Gasteiger charge is -2.10. The van der Waals surface area contributed by atoms with Gasteiger partial charge in [-0.3, -0.25) is 0 Å². The highest BCUT2D eigenvalue weighted by molar-refractivity contribution is 6.34. The number of alkyl halides is 3. The second-order valence-electron chi connectivity index (χ2n) is 2.50. The average Bonchev–Trinajstić information content (AvgIpc) is 2.07. The van der Waals surface area contributed by atoms with E-state index in [1.165, 1.54) is 0 Å². The van der Waals surface area contributed by atoms with Crippen LogP contribution in [0.2, 0.25) is 5.02 Å². The number of nitriles is 1. The number of hydrogen-bond acceptors (Lipinski definition) is 2. The van der Waals surface area contributed by atoms with E-state index in [-0.39, 0.29) is 11.3 Å². The Morgan fingerprint density at radius 2 is 1.93 bits per heavy atom. The molecule has 2 N–H and O–H groups in total. The number of nitrogens with zero attached hydrogens (tertiary/aromatic N) is 1. The molecule has 1 rings (SSSR count). The standard InChI is InChI=1S/C8H4ClF3N2/c9-6-5(8(10,11)12)2-1-4(3-13)7(6)14/h1-2H,14H2. The monoisotopic (exact) mass is 220 g/mol. The molecule has 0 heterocycles. The summed E-state index contributed by atoms with van der Waals surface area (Å²) in [7, 11) is 0. The van der Waals surface area contributed by atoms with Crippen molar-refractivity contribution in [3.05, 3.63) is 28.3 Å². The van der Waals surface area contributed by atoms with Crippen LogP contribution in [0.1, 0.15) is 11.1 Å². The maximum absolute atomic E-state index is 12.2. The van der Waals surface area contributed by atoms with Gasteiger partial charge in [-0.2, -0.15) is 18.4 Å². The van der Waals surface area contributed by atoms with Crippen molar-refractivity contribution in [2.75, 3.05) is 5.73 Å². The number of nitrogen functional groups attached to an aromatic ring is 1. The Hall–Kier alpha value is -1.41. The number of halogens is 4. The van der Waals surface area contributed by atoms with Crippen LogP contribution in [-0.2, 0) is 6.18 Å². The molecule has 74 valence electrons. The van der Waals surface area contributed by atoms with Gasteiger partial charge in [-0.1, -0.05) is 11.6 Å². The zero-order valence-corrected chi connectivity index (χ0v) is 7.45. The molecule has 0 aliphatic carbocycles. The summed E-state index contributed by atoms with van der Waals surface area (Å²) < 4.78 is 36.7. The second-order valence-corrected chi connectivity index (χ2v) is 2.88. The molecular formula is C8H4ClF3N2. The Bertz CT molecular complexity index is 406. The van der Waals surface area contributed by atoms with Crippen molar-refractivity contribution < 1.29 is 13.2 Å². The van der Waals surface area contributed by atoms with E-state index < -0.39 is 16.8 Å². The van der Waals surface area contributed by atoms with E-state index in [9.17, 15) is 13.2 Å². The number of nitrogens with two attached hydrogens (primary N) is 1. The summed E-state index contributed by atoms with van der Waals surface area (Å²) in [6, 6.07) is 3.36. The van der Waals surface area contributed by atoms with Crippen molar-refractivity contribution in [3.63, 3.8) is 0 Å². The normalized spacial score (nSPS) is 11.1. The lowest BCUT2D eigenvalue weighted by atomic mass is 10.1. The Balaban J connectivity index is 3.41. The third-order valence-corrected chi connectivity index (χ3v) is 2.01. The Morgan fingerprint density at radius 1 is 1.36 bits per heavy atom. The summed E-state index contributed by atoms with van der Waals surface area (Å²) in [5, 5.41) is 7.84. The van der Waals surface area contributed by atoms with Crippen LogP contribution in [-0.4, -0.2) is 0 Å². The van der Waals surface area contributed by atoms with Crippen molar-refractivity contribution in [1.29, 1.82) is 5.26 Å². The molecule has 0 aromatic heterocycles. The predicted molar refractivity (Wildman–Crippen MR) is 45.6 cm³/mol. The molecule has 0 atom stereocenters. The first-order valence-corrected chi connectivity index (χ1v) is 3.81. The van der Waals surface area contributed by atoms with E-state index >= 15 is 0 Å². The third kappa shape index (κ3) is 1.75. The summed E-state index contributed by atoms with van der Waals surface area (Å²) in [6.45, 7) is 0. The fraction of sp³-hybridized carbons (Fsp3) is 0.125. The first kappa shape index (κ1) is 10.7. The minimum atomic E-state index is -4.56. The van der Waals surface area contributed by atoms with Gasteiger partial charge >= 0.3 is 6.18 Å². The second kappa shape index (κ2) is 3.39. The number of hydrogen-bond donors (Lipinski definition) is 1. The molecule has 0 unspecified atom stereocenters. The molecule has 1 aromatic carbocycles. The number of anilines is 1. The van der Waals surface area contributed by atoms with Gasteiger partial charge in [0.1, 0.15) is 6.07 Å². The minimum absolute atomic E-state index is 0.0667. The van der Waals surface area contributed by atoms with Gasteiger partial charge in [0.25, 0.3) is 0 Å². The highest BCUT2D eigenvalue weighted by Crippen LogP contribution is 2.38. The van der Waals surface area contributed by atoms with E-state index in [4.69, 9.17) is 22.6 Å². The Morgan fingerprint density at radius 3 is 2.36 bits per heavy atom. The van der Waals surface area contributed by atoms with Crippen molar-refractivity contribution >= 4 is 17.3 Å². The zero-order valence-electron chi connectivity index (χ0n) is 6.69. The van der Waals surface area contributed by atoms with E-state index in [1.54, 1.807) is 6.07 Å². The summed E-state index contributed by atoms with van der Waals surface area (Å²) in [5.74, 6) is 0. The summed E-state index contributed by atoms with van der Waals surface area (Å²) >= 11 is 5.37. The van der Waals surface area contributed by atoms with Crippen LogP contribution in [0.5, 0.6) is 0 Å². The van der Waals surface area contributed by atoms with Crippen molar-refractivity contribution in [2.45, 2.75) is 6.18 Å². The highest BCUT2D eigenvalue weighted by Gasteiger charge is 2.34. The Labute approximate surface area is 82.7 Å². The average molecular weight is 221 g/mol. The SMILES string of the molecule is N#Cc1ccc(C(F)(F)F)c(Cl)c1N. The maximum atomic E-state index is 12.2. The molecule has 2 nitrogen and oxygen atoms in total. The summed E-state index contributed by atoms with van der Waals surface area (Å²) in [6.07, 6.45) is -4.56. The van der Waals surface area contributed by atoms with Gasteiger partial charge in [0.15, 0.2) is 0 Å². The van der Waals surface area contributed by atoms with E-state index in [1.807, 2.05) is 0 Å². The van der Waals surface area contributed by atoms with Gasteiger partial charge in [0.2, 0.25) is 0 Å². The van der Waals surface area contributed by atoms with Crippen molar-refractivity contribution in [3.8, 4) is 6.07 Å². The highest BCUT2D eigenvalue weighted by atomic mass is 35.5. The van der Waals surface area contributed by atoms with Crippen LogP contribution >= 0.6 is 11.6 Å². The van der Waals surface area contributed by atoms with Crippen molar-refractivity contribution in [1.82, 2.24) is 0 Å². The number of benzene rings is 1. The lowest BCUT2D eigenvalue weighted by molar-refractivity contribution is -0.137. The predicted octanol–water partition coefficient (Wildman–Crippen LogP) is 2.81. The number of rotatable bonds is 0. The molecule has 14 heavy (non-hydrogen) atoms. The van der Waals surface area contributed by atoms with Crippen molar-refractivity contribution in [2.24, 2.45) is 0 Å². The molecule has 0 spiro atoms. The maximum Gasteiger partial charge on any atom is 0.417 e. The fourth-order valence-corrected chi connectivity index (χ4v) is 1.18. The van der Waals surface area contributed by atoms with Gasteiger partial charge < -0.3 is 5.73 Å². The quantitative estimate of drug-likeness (QED) is 0.684. The molecular weight excluding hydrogens is 217 g/mol. The van der Waals surface area contributed by atoms with Crippen LogP contribution in [0.25, 0.3) is 0 Å². The smallest absolute Gasteiger partial charge is 0.396 e. The minimum Gasteiger partial charge on any atom is -0.396 e. The molecule has 6 heteroatoms. The van der Waals surface area contributed by atoms with Gasteiger partial charge in [0, 0.05) is 0 Å². The van der Waals surface area contributed by atoms with Gasteiger partial charge in [0.05, 0.1) is 21.8 Å². The molecule has 1 aromatic rings. The molecule has 0 fully saturated rings. The summed E-state index contributed by atoms with van der Waals surface area (Å²) in [4.78, 5) is 0. The van der Waals surface area contributed by atoms with E-state index in [0.29, 0.717) is 0 Å². The van der Waals surface area contributed by atoms with Crippen LogP contribution < -0.4 is 5.73 Å². The zero-order chi connectivity index (χ0) is 10.9.